The SMILES string of the molecule is Cc1c(C=O)sc(/C=C/c2ccc(N(CCS)CCS)cc2)c1C. The van der Waals surface area contributed by atoms with Crippen LogP contribution in [0.3, 0.4) is 0 Å². The fourth-order valence-electron chi connectivity index (χ4n) is 2.49. The average molecular weight is 378 g/mol. The number of nitrogens with zero attached hydrogens (tertiary/aromatic N) is 1. The van der Waals surface area contributed by atoms with Gasteiger partial charge in [-0.05, 0) is 48.7 Å². The van der Waals surface area contributed by atoms with E-state index in [2.05, 4.69) is 73.5 Å². The first-order chi connectivity index (χ1) is 11.6. The van der Waals surface area contributed by atoms with Crippen LogP contribution in [0.1, 0.15) is 31.2 Å². The van der Waals surface area contributed by atoms with Crippen molar-refractivity contribution in [2.75, 3.05) is 29.5 Å². The molecule has 128 valence electrons. The van der Waals surface area contributed by atoms with E-state index < -0.39 is 0 Å². The fourth-order valence-corrected chi connectivity index (χ4v) is 4.01. The third-order valence-corrected chi connectivity index (χ3v) is 5.74. The summed E-state index contributed by atoms with van der Waals surface area (Å²) in [6.45, 7) is 5.90. The number of hydrogen-bond donors (Lipinski definition) is 2. The van der Waals surface area contributed by atoms with Gasteiger partial charge in [-0.3, -0.25) is 4.79 Å². The summed E-state index contributed by atoms with van der Waals surface area (Å²) in [5, 5.41) is 0. The summed E-state index contributed by atoms with van der Waals surface area (Å²) >= 11 is 10.2. The number of benzene rings is 1. The first-order valence-electron chi connectivity index (χ1n) is 7.90. The molecule has 0 saturated carbocycles. The van der Waals surface area contributed by atoms with Crippen molar-refractivity contribution < 1.29 is 4.79 Å². The number of carbonyl (C=O) groups is 1. The van der Waals surface area contributed by atoms with Gasteiger partial charge in [-0.1, -0.05) is 18.2 Å². The van der Waals surface area contributed by atoms with Crippen LogP contribution in [0, 0.1) is 13.8 Å². The number of thiophene rings is 1. The number of thiol groups is 2. The van der Waals surface area contributed by atoms with Crippen LogP contribution in [0.25, 0.3) is 12.2 Å². The number of hydrogen-bond acceptors (Lipinski definition) is 5. The Balaban J connectivity index is 2.15. The lowest BCUT2D eigenvalue weighted by Crippen LogP contribution is -2.27. The summed E-state index contributed by atoms with van der Waals surface area (Å²) < 4.78 is 0. The molecule has 0 bridgehead atoms. The summed E-state index contributed by atoms with van der Waals surface area (Å²) in [4.78, 5) is 15.3. The maximum atomic E-state index is 11.0. The molecule has 1 aromatic carbocycles. The lowest BCUT2D eigenvalue weighted by Gasteiger charge is -2.23. The van der Waals surface area contributed by atoms with Crippen LogP contribution < -0.4 is 4.90 Å². The molecule has 0 N–H and O–H groups in total. The lowest BCUT2D eigenvalue weighted by molar-refractivity contribution is 0.112. The summed E-state index contributed by atoms with van der Waals surface area (Å²) in [6, 6.07) is 8.50. The number of anilines is 1. The number of carbonyl (C=O) groups excluding carboxylic acids is 1. The molecule has 0 spiro atoms. The van der Waals surface area contributed by atoms with Gasteiger partial charge < -0.3 is 4.90 Å². The van der Waals surface area contributed by atoms with Crippen LogP contribution in [0.15, 0.2) is 24.3 Å². The summed E-state index contributed by atoms with van der Waals surface area (Å²) in [5.74, 6) is 1.65. The van der Waals surface area contributed by atoms with Crippen molar-refractivity contribution in [2.24, 2.45) is 0 Å². The fraction of sp³-hybridized carbons (Fsp3) is 0.316. The summed E-state index contributed by atoms with van der Waals surface area (Å²) in [7, 11) is 0. The van der Waals surface area contributed by atoms with E-state index >= 15 is 0 Å². The Morgan fingerprint density at radius 1 is 0.958 bits per heavy atom. The van der Waals surface area contributed by atoms with Gasteiger partial charge >= 0.3 is 0 Å². The van der Waals surface area contributed by atoms with Crippen molar-refractivity contribution in [3.63, 3.8) is 0 Å². The predicted molar refractivity (Wildman–Crippen MR) is 114 cm³/mol. The van der Waals surface area contributed by atoms with Gasteiger partial charge in [0.1, 0.15) is 0 Å². The highest BCUT2D eigenvalue weighted by molar-refractivity contribution is 7.80. The van der Waals surface area contributed by atoms with E-state index in [1.54, 1.807) is 11.3 Å². The largest absolute Gasteiger partial charge is 0.370 e. The molecule has 0 aliphatic rings. The zero-order valence-corrected chi connectivity index (χ0v) is 16.6. The van der Waals surface area contributed by atoms with Crippen molar-refractivity contribution in [3.05, 3.63) is 50.7 Å². The molecule has 0 aliphatic carbocycles. The molecular weight excluding hydrogens is 354 g/mol. The minimum atomic E-state index is 0.816. The zero-order valence-electron chi connectivity index (χ0n) is 14.0. The van der Waals surface area contributed by atoms with Crippen molar-refractivity contribution in [1.82, 2.24) is 0 Å². The topological polar surface area (TPSA) is 20.3 Å². The quantitative estimate of drug-likeness (QED) is 0.498. The maximum absolute atomic E-state index is 11.0. The Labute approximate surface area is 159 Å². The minimum Gasteiger partial charge on any atom is -0.370 e. The highest BCUT2D eigenvalue weighted by atomic mass is 32.1. The normalized spacial score (nSPS) is 11.2. The summed E-state index contributed by atoms with van der Waals surface area (Å²) in [5.41, 5.74) is 4.61. The van der Waals surface area contributed by atoms with Crippen molar-refractivity contribution in [2.45, 2.75) is 13.8 Å². The molecule has 0 amide bonds. The molecule has 24 heavy (non-hydrogen) atoms. The van der Waals surface area contributed by atoms with Gasteiger partial charge in [0.15, 0.2) is 6.29 Å². The molecule has 1 aromatic heterocycles. The van der Waals surface area contributed by atoms with Gasteiger partial charge in [0.05, 0.1) is 4.88 Å². The van der Waals surface area contributed by atoms with Gasteiger partial charge in [0.25, 0.3) is 0 Å². The number of aldehydes is 1. The molecule has 5 heteroatoms. The highest BCUT2D eigenvalue weighted by Crippen LogP contribution is 2.28. The third-order valence-electron chi connectivity index (χ3n) is 4.05. The highest BCUT2D eigenvalue weighted by Gasteiger charge is 2.08. The molecule has 0 unspecified atom stereocenters. The van der Waals surface area contributed by atoms with Gasteiger partial charge in [-0.25, -0.2) is 0 Å². The van der Waals surface area contributed by atoms with E-state index in [-0.39, 0.29) is 0 Å². The first-order valence-corrected chi connectivity index (χ1v) is 9.98. The van der Waals surface area contributed by atoms with Crippen molar-refractivity contribution in [3.8, 4) is 0 Å². The van der Waals surface area contributed by atoms with E-state index in [9.17, 15) is 4.79 Å². The molecule has 0 fully saturated rings. The minimum absolute atomic E-state index is 0.816. The Hall–Kier alpha value is -1.17. The first kappa shape index (κ1) is 19.2. The Kier molecular flexibility index (Phi) is 7.46. The molecule has 0 aliphatic heterocycles. The molecule has 1 heterocycles. The van der Waals surface area contributed by atoms with Gasteiger partial charge in [0, 0.05) is 35.2 Å². The maximum Gasteiger partial charge on any atom is 0.160 e. The van der Waals surface area contributed by atoms with Crippen molar-refractivity contribution in [1.29, 1.82) is 0 Å². The van der Waals surface area contributed by atoms with Crippen molar-refractivity contribution >= 4 is 60.7 Å². The molecular formula is C19H23NOS3. The van der Waals surface area contributed by atoms with Crippen LogP contribution in [0.2, 0.25) is 0 Å². The molecule has 2 aromatic rings. The molecule has 0 saturated heterocycles. The van der Waals surface area contributed by atoms with Crippen LogP contribution in [0.4, 0.5) is 5.69 Å². The van der Waals surface area contributed by atoms with E-state index in [0.717, 1.165) is 51.8 Å². The van der Waals surface area contributed by atoms with E-state index in [1.165, 1.54) is 11.3 Å². The second-order valence-electron chi connectivity index (χ2n) is 5.56. The number of rotatable bonds is 8. The molecule has 0 atom stereocenters. The average Bonchev–Trinajstić information content (AvgIpc) is 2.88. The standard InChI is InChI=1S/C19H23NOS3/c1-14-15(2)19(13-21)24-18(14)8-5-16-3-6-17(7-4-16)20(9-11-22)10-12-23/h3-8,13,22-23H,9-12H2,1-2H3/b8-5+. The van der Waals surface area contributed by atoms with Crippen LogP contribution >= 0.6 is 36.6 Å². The second-order valence-corrected chi connectivity index (χ2v) is 7.54. The molecule has 2 nitrogen and oxygen atoms in total. The Morgan fingerprint density at radius 3 is 2.04 bits per heavy atom. The van der Waals surface area contributed by atoms with E-state index in [4.69, 9.17) is 0 Å². The second kappa shape index (κ2) is 9.35. The zero-order chi connectivity index (χ0) is 17.5. The Morgan fingerprint density at radius 2 is 1.54 bits per heavy atom. The smallest absolute Gasteiger partial charge is 0.160 e. The van der Waals surface area contributed by atoms with Gasteiger partial charge in [0.2, 0.25) is 0 Å². The predicted octanol–water partition coefficient (Wildman–Crippen LogP) is 5.01. The molecule has 2 rings (SSSR count). The third kappa shape index (κ3) is 4.68. The monoisotopic (exact) mass is 377 g/mol. The van der Waals surface area contributed by atoms with Crippen LogP contribution in [-0.4, -0.2) is 30.9 Å². The Bertz CT molecular complexity index is 698. The van der Waals surface area contributed by atoms with Crippen LogP contribution in [-0.2, 0) is 0 Å². The van der Waals surface area contributed by atoms with E-state index in [0.29, 0.717) is 0 Å². The van der Waals surface area contributed by atoms with Gasteiger partial charge in [-0.2, -0.15) is 25.3 Å². The summed E-state index contributed by atoms with van der Waals surface area (Å²) in [6.07, 6.45) is 5.13. The van der Waals surface area contributed by atoms with Crippen LogP contribution in [0.5, 0.6) is 0 Å². The van der Waals surface area contributed by atoms with E-state index in [1.807, 2.05) is 6.92 Å². The molecule has 0 radical (unpaired) electrons. The lowest BCUT2D eigenvalue weighted by atomic mass is 10.1. The van der Waals surface area contributed by atoms with Gasteiger partial charge in [-0.15, -0.1) is 11.3 Å².